The number of carbonyl (C=O) groups is 2. The molecule has 114 valence electrons. The molecule has 4 heteroatoms. The van der Waals surface area contributed by atoms with Crippen molar-refractivity contribution in [3.05, 3.63) is 0 Å². The van der Waals surface area contributed by atoms with E-state index in [1.165, 1.54) is 25.7 Å². The van der Waals surface area contributed by atoms with Crippen molar-refractivity contribution in [2.24, 2.45) is 0 Å². The quantitative estimate of drug-likeness (QED) is 0.239. The van der Waals surface area contributed by atoms with E-state index in [0.717, 1.165) is 38.5 Å². The molecule has 0 N–H and O–H groups in total. The molecule has 0 saturated heterocycles. The summed E-state index contributed by atoms with van der Waals surface area (Å²) in [5, 5.41) is 0. The minimum absolute atomic E-state index is 0. The Morgan fingerprint density at radius 3 is 1.40 bits per heavy atom. The zero-order valence-corrected chi connectivity index (χ0v) is 16.8. The fourth-order valence-corrected chi connectivity index (χ4v) is 1.97. The van der Waals surface area contributed by atoms with Gasteiger partial charge in [-0.2, -0.15) is 0 Å². The Morgan fingerprint density at radius 1 is 0.700 bits per heavy atom. The standard InChI is InChI=1S/C16H30O3.K.H/c1-3-5-7-9-11-13-15(17)19-16(18)14-12-10-8-6-4-2;;/h3-14H2,1-2H3;;/q;+1;-1. The molecule has 0 aromatic heterocycles. The monoisotopic (exact) mass is 310 g/mol. The average Bonchev–Trinajstić information content (AvgIpc) is 2.38. The summed E-state index contributed by atoms with van der Waals surface area (Å²) in [7, 11) is 0. The normalized spacial score (nSPS) is 9.90. The van der Waals surface area contributed by atoms with Crippen molar-refractivity contribution in [3.8, 4) is 0 Å². The number of rotatable bonds is 12. The summed E-state index contributed by atoms with van der Waals surface area (Å²) in [5.41, 5.74) is 0. The molecule has 0 unspecified atom stereocenters. The van der Waals surface area contributed by atoms with Gasteiger partial charge in [0.15, 0.2) is 0 Å². The Hall–Kier alpha value is 0.776. The van der Waals surface area contributed by atoms with Gasteiger partial charge in [0.2, 0.25) is 0 Å². The Balaban J connectivity index is -0.00000162. The molecule has 0 atom stereocenters. The van der Waals surface area contributed by atoms with E-state index in [1.54, 1.807) is 0 Å². The van der Waals surface area contributed by atoms with Crippen molar-refractivity contribution in [1.29, 1.82) is 0 Å². The van der Waals surface area contributed by atoms with Gasteiger partial charge in [-0.05, 0) is 12.8 Å². The third-order valence-corrected chi connectivity index (χ3v) is 3.20. The van der Waals surface area contributed by atoms with Gasteiger partial charge >= 0.3 is 63.3 Å². The van der Waals surface area contributed by atoms with Gasteiger partial charge in [0, 0.05) is 12.8 Å². The first-order chi connectivity index (χ1) is 9.20. The van der Waals surface area contributed by atoms with E-state index < -0.39 is 0 Å². The zero-order chi connectivity index (χ0) is 14.3. The van der Waals surface area contributed by atoms with E-state index in [9.17, 15) is 9.59 Å². The summed E-state index contributed by atoms with van der Waals surface area (Å²) in [4.78, 5) is 22.8. The Morgan fingerprint density at radius 2 is 1.05 bits per heavy atom. The van der Waals surface area contributed by atoms with E-state index in [4.69, 9.17) is 4.74 Å². The number of ether oxygens (including phenoxy) is 1. The first-order valence-electron chi connectivity index (χ1n) is 7.94. The Bertz CT molecular complexity index is 224. The smallest absolute Gasteiger partial charge is 1.00 e. The van der Waals surface area contributed by atoms with Gasteiger partial charge < -0.3 is 6.16 Å². The molecule has 0 aromatic rings. The summed E-state index contributed by atoms with van der Waals surface area (Å²) in [5.74, 6) is -0.704. The van der Waals surface area contributed by atoms with Crippen LogP contribution in [0.3, 0.4) is 0 Å². The maximum atomic E-state index is 11.4. The minimum atomic E-state index is -0.352. The predicted octanol–water partition coefficient (Wildman–Crippen LogP) is 1.89. The van der Waals surface area contributed by atoms with E-state index in [1.807, 2.05) is 0 Å². The van der Waals surface area contributed by atoms with Crippen molar-refractivity contribution < 1.29 is 67.1 Å². The first kappa shape index (κ1) is 23.0. The van der Waals surface area contributed by atoms with Crippen molar-refractivity contribution >= 4 is 11.9 Å². The van der Waals surface area contributed by atoms with Gasteiger partial charge in [-0.25, -0.2) is 0 Å². The molecule has 0 radical (unpaired) electrons. The molecule has 0 aliphatic carbocycles. The topological polar surface area (TPSA) is 43.4 Å². The van der Waals surface area contributed by atoms with Gasteiger partial charge in [0.1, 0.15) is 0 Å². The Labute approximate surface area is 168 Å². The number of esters is 2. The molecule has 0 saturated carbocycles. The molecule has 0 bridgehead atoms. The van der Waals surface area contributed by atoms with Gasteiger partial charge in [-0.3, -0.25) is 9.59 Å². The molecule has 0 aliphatic rings. The number of hydrogen-bond donors (Lipinski definition) is 0. The summed E-state index contributed by atoms with van der Waals surface area (Å²) in [6.45, 7) is 4.32. The molecule has 20 heavy (non-hydrogen) atoms. The molecule has 0 spiro atoms. The largest absolute Gasteiger partial charge is 1.00 e. The predicted molar refractivity (Wildman–Crippen MR) is 79.0 cm³/mol. The van der Waals surface area contributed by atoms with Crippen LogP contribution in [0.2, 0.25) is 0 Å². The van der Waals surface area contributed by atoms with Crippen LogP contribution >= 0.6 is 0 Å². The second-order valence-corrected chi connectivity index (χ2v) is 5.17. The van der Waals surface area contributed by atoms with Gasteiger partial charge in [0.05, 0.1) is 0 Å². The van der Waals surface area contributed by atoms with Crippen LogP contribution in [-0.2, 0) is 14.3 Å². The maximum absolute atomic E-state index is 11.4. The van der Waals surface area contributed by atoms with Crippen LogP contribution in [0, 0.1) is 0 Å². The minimum Gasteiger partial charge on any atom is -1.00 e. The maximum Gasteiger partial charge on any atom is 1.00 e. The average molecular weight is 311 g/mol. The summed E-state index contributed by atoms with van der Waals surface area (Å²) >= 11 is 0. The van der Waals surface area contributed by atoms with Crippen molar-refractivity contribution in [2.75, 3.05) is 0 Å². The molecular formula is C16H31KO3. The van der Waals surface area contributed by atoms with Crippen molar-refractivity contribution in [1.82, 2.24) is 0 Å². The summed E-state index contributed by atoms with van der Waals surface area (Å²) < 4.78 is 4.79. The Kier molecular flexibility index (Phi) is 20.5. The molecular weight excluding hydrogens is 279 g/mol. The molecule has 0 aliphatic heterocycles. The molecule has 0 fully saturated rings. The van der Waals surface area contributed by atoms with Crippen LogP contribution in [0.15, 0.2) is 0 Å². The van der Waals surface area contributed by atoms with E-state index in [-0.39, 0.29) is 64.7 Å². The fourth-order valence-electron chi connectivity index (χ4n) is 1.97. The van der Waals surface area contributed by atoms with E-state index >= 15 is 0 Å². The third kappa shape index (κ3) is 16.8. The van der Waals surface area contributed by atoms with Crippen molar-refractivity contribution in [2.45, 2.75) is 90.9 Å². The van der Waals surface area contributed by atoms with Crippen LogP contribution in [0.25, 0.3) is 0 Å². The van der Waals surface area contributed by atoms with Crippen molar-refractivity contribution in [3.63, 3.8) is 0 Å². The number of unbranched alkanes of at least 4 members (excludes halogenated alkanes) is 8. The molecule has 3 nitrogen and oxygen atoms in total. The van der Waals surface area contributed by atoms with Crippen LogP contribution in [0.5, 0.6) is 0 Å². The number of hydrogen-bond acceptors (Lipinski definition) is 3. The fraction of sp³-hybridized carbons (Fsp3) is 0.875. The van der Waals surface area contributed by atoms with Crippen LogP contribution < -0.4 is 51.4 Å². The van der Waals surface area contributed by atoms with Gasteiger partial charge in [0.25, 0.3) is 0 Å². The third-order valence-electron chi connectivity index (χ3n) is 3.20. The molecule has 0 heterocycles. The van der Waals surface area contributed by atoms with Crippen LogP contribution in [0.1, 0.15) is 92.3 Å². The van der Waals surface area contributed by atoms with Crippen LogP contribution in [-0.4, -0.2) is 11.9 Å². The first-order valence-corrected chi connectivity index (χ1v) is 7.94. The molecule has 0 aromatic carbocycles. The summed E-state index contributed by atoms with van der Waals surface area (Å²) in [6.07, 6.45) is 11.7. The van der Waals surface area contributed by atoms with E-state index in [0.29, 0.717) is 12.8 Å². The molecule has 0 rings (SSSR count). The SMILES string of the molecule is CCCCCCCC(=O)OC(=O)CCCCCCC.[H-].[K+]. The van der Waals surface area contributed by atoms with Gasteiger partial charge in [-0.15, -0.1) is 0 Å². The number of carbonyl (C=O) groups excluding carboxylic acids is 2. The zero-order valence-electron chi connectivity index (χ0n) is 14.7. The molecule has 0 amide bonds. The second kappa shape index (κ2) is 17.8. The summed E-state index contributed by atoms with van der Waals surface area (Å²) in [6, 6.07) is 0. The second-order valence-electron chi connectivity index (χ2n) is 5.17. The van der Waals surface area contributed by atoms with Gasteiger partial charge in [-0.1, -0.05) is 65.2 Å². The van der Waals surface area contributed by atoms with Crippen LogP contribution in [0.4, 0.5) is 0 Å². The van der Waals surface area contributed by atoms with E-state index in [2.05, 4.69) is 13.8 Å².